The van der Waals surface area contributed by atoms with Crippen LogP contribution in [-0.4, -0.2) is 81.6 Å². The van der Waals surface area contributed by atoms with Gasteiger partial charge in [0.25, 0.3) is 0 Å². The van der Waals surface area contributed by atoms with Gasteiger partial charge in [-0.25, -0.2) is 17.6 Å². The average Bonchev–Trinajstić information content (AvgIpc) is 3.75. The van der Waals surface area contributed by atoms with Crippen LogP contribution in [0.25, 0.3) is 17.0 Å². The summed E-state index contributed by atoms with van der Waals surface area (Å²) >= 11 is 0. The molecule has 4 bridgehead atoms. The van der Waals surface area contributed by atoms with Crippen molar-refractivity contribution in [3.8, 4) is 6.01 Å². The Morgan fingerprint density at radius 3 is 2.37 bits per heavy atom. The molecule has 2 aromatic carbocycles. The summed E-state index contributed by atoms with van der Waals surface area (Å²) in [5.74, 6) is -5.38. The number of hydrogen-bond donors (Lipinski definition) is 3. The van der Waals surface area contributed by atoms with Crippen molar-refractivity contribution in [1.29, 1.82) is 0 Å². The number of anilines is 1. The second-order valence-electron chi connectivity index (χ2n) is 15.4. The SMILES string of the molecule is OC1=Cc2ccc(F)c(F)c2C(c2c(F)cc3c(N4CC5CCC(C4)N5)nc(OCC4(CN5C6CCCC5CC(O)C6)CC4)nc3c2F)C1. The zero-order valence-electron chi connectivity index (χ0n) is 27.3. The van der Waals surface area contributed by atoms with E-state index >= 15 is 13.2 Å². The van der Waals surface area contributed by atoms with Crippen LogP contribution in [0.3, 0.4) is 0 Å². The topological polar surface area (TPSA) is 94.0 Å². The molecule has 6 aliphatic rings. The van der Waals surface area contributed by atoms with Crippen molar-refractivity contribution in [3.63, 3.8) is 0 Å². The van der Waals surface area contributed by atoms with Crippen molar-refractivity contribution < 1.29 is 32.5 Å². The van der Waals surface area contributed by atoms with Gasteiger partial charge in [-0.1, -0.05) is 12.5 Å². The lowest BCUT2D eigenvalue weighted by Crippen LogP contribution is -2.55. The summed E-state index contributed by atoms with van der Waals surface area (Å²) < 4.78 is 69.1. The fourth-order valence-electron chi connectivity index (χ4n) is 9.46. The summed E-state index contributed by atoms with van der Waals surface area (Å²) in [6.45, 7) is 2.43. The number of aromatic nitrogens is 2. The molecule has 5 unspecified atom stereocenters. The summed E-state index contributed by atoms with van der Waals surface area (Å²) in [4.78, 5) is 13.9. The summed E-state index contributed by atoms with van der Waals surface area (Å²) in [6, 6.07) is 4.61. The van der Waals surface area contributed by atoms with Crippen LogP contribution in [0.1, 0.15) is 86.8 Å². The van der Waals surface area contributed by atoms with E-state index in [2.05, 4.69) is 15.2 Å². The van der Waals surface area contributed by atoms with Crippen molar-refractivity contribution in [2.45, 2.75) is 100 Å². The third-order valence-corrected chi connectivity index (χ3v) is 12.1. The maximum atomic E-state index is 16.9. The van der Waals surface area contributed by atoms with Crippen LogP contribution >= 0.6 is 0 Å². The number of rotatable bonds is 7. The van der Waals surface area contributed by atoms with Crippen molar-refractivity contribution in [2.24, 2.45) is 5.41 Å². The summed E-state index contributed by atoms with van der Waals surface area (Å²) in [7, 11) is 0. The van der Waals surface area contributed by atoms with Gasteiger partial charge in [0.05, 0.1) is 18.5 Å². The molecule has 49 heavy (non-hydrogen) atoms. The molecule has 0 amide bonds. The van der Waals surface area contributed by atoms with Crippen LogP contribution in [0.5, 0.6) is 6.01 Å². The molecule has 8 nitrogen and oxygen atoms in total. The molecule has 5 atom stereocenters. The standard InChI is InChI=1S/C37H41F4N5O3/c38-28-7-4-19-10-24(47)13-26(30(19)32(28)40)31-29(39)14-27-34(33(31)41)43-36(44-35(27)45-15-20-5-6-21(16-45)42-20)49-18-37(8-9-37)17-46-22-2-1-3-23(46)12-25(48)11-22/h4,7,10,14,20-23,25-26,42,47-48H,1-3,5-6,8-9,11-13,15-18H2. The molecule has 12 heteroatoms. The highest BCUT2D eigenvalue weighted by atomic mass is 19.2. The number of piperazine rings is 1. The zero-order valence-corrected chi connectivity index (χ0v) is 27.3. The molecular weight excluding hydrogens is 638 g/mol. The van der Waals surface area contributed by atoms with Gasteiger partial charge in [0.2, 0.25) is 0 Å². The minimum atomic E-state index is -1.31. The van der Waals surface area contributed by atoms with Crippen LogP contribution in [0, 0.1) is 28.7 Å². The van der Waals surface area contributed by atoms with Gasteiger partial charge in [-0.2, -0.15) is 9.97 Å². The number of nitrogens with zero attached hydrogens (tertiary/aromatic N) is 4. The van der Waals surface area contributed by atoms with Gasteiger partial charge in [0, 0.05) is 78.1 Å². The molecule has 4 aliphatic heterocycles. The second kappa shape index (κ2) is 11.8. The average molecular weight is 680 g/mol. The molecule has 5 heterocycles. The first-order valence-electron chi connectivity index (χ1n) is 17.8. The fraction of sp³-hybridized carbons (Fsp3) is 0.568. The fourth-order valence-corrected chi connectivity index (χ4v) is 9.46. The van der Waals surface area contributed by atoms with E-state index in [1.165, 1.54) is 24.6 Å². The van der Waals surface area contributed by atoms with Gasteiger partial charge in [0.15, 0.2) is 17.5 Å². The molecule has 2 aliphatic carbocycles. The summed E-state index contributed by atoms with van der Waals surface area (Å²) in [5, 5.41) is 24.7. The summed E-state index contributed by atoms with van der Waals surface area (Å²) in [6.07, 6.45) is 9.66. The number of ether oxygens (including phenoxy) is 1. The normalized spacial score (nSPS) is 30.3. The Balaban J connectivity index is 1.09. The van der Waals surface area contributed by atoms with Gasteiger partial charge in [-0.15, -0.1) is 0 Å². The van der Waals surface area contributed by atoms with Gasteiger partial charge in [-0.3, -0.25) is 4.90 Å². The Kier molecular flexibility index (Phi) is 7.59. The first-order valence-corrected chi connectivity index (χ1v) is 17.8. The predicted molar refractivity (Wildman–Crippen MR) is 176 cm³/mol. The number of aliphatic hydroxyl groups excluding tert-OH is 2. The number of benzene rings is 2. The van der Waals surface area contributed by atoms with Gasteiger partial charge < -0.3 is 25.2 Å². The van der Waals surface area contributed by atoms with E-state index in [1.807, 2.05) is 4.90 Å². The number of allylic oxidation sites excluding steroid dienone is 1. The van der Waals surface area contributed by atoms with Crippen molar-refractivity contribution >= 4 is 22.8 Å². The number of fused-ring (bicyclic) bond motifs is 6. The van der Waals surface area contributed by atoms with Crippen LogP contribution in [-0.2, 0) is 0 Å². The van der Waals surface area contributed by atoms with E-state index in [1.54, 1.807) is 0 Å². The van der Waals surface area contributed by atoms with E-state index in [-0.39, 0.29) is 63.8 Å². The van der Waals surface area contributed by atoms with Crippen LogP contribution in [0.15, 0.2) is 24.0 Å². The first-order chi connectivity index (χ1) is 23.6. The molecule has 0 spiro atoms. The quantitative estimate of drug-likeness (QED) is 0.258. The van der Waals surface area contributed by atoms with Crippen molar-refractivity contribution in [3.05, 3.63) is 63.9 Å². The molecule has 4 saturated heterocycles. The van der Waals surface area contributed by atoms with Gasteiger partial charge >= 0.3 is 6.01 Å². The first kappa shape index (κ1) is 31.5. The Morgan fingerprint density at radius 1 is 0.918 bits per heavy atom. The third kappa shape index (κ3) is 5.54. The van der Waals surface area contributed by atoms with Gasteiger partial charge in [0.1, 0.15) is 17.2 Å². The minimum Gasteiger partial charge on any atom is -0.512 e. The highest BCUT2D eigenvalue weighted by molar-refractivity contribution is 5.91. The van der Waals surface area contributed by atoms with Crippen LogP contribution < -0.4 is 15.0 Å². The molecular formula is C37H41F4N5O3. The van der Waals surface area contributed by atoms with E-state index in [0.29, 0.717) is 37.6 Å². The Labute approximate surface area is 282 Å². The molecule has 260 valence electrons. The summed E-state index contributed by atoms with van der Waals surface area (Å²) in [5.41, 5.74) is -0.764. The van der Waals surface area contributed by atoms with E-state index in [4.69, 9.17) is 9.72 Å². The van der Waals surface area contributed by atoms with E-state index in [9.17, 15) is 14.6 Å². The molecule has 3 aromatic rings. The van der Waals surface area contributed by atoms with Crippen molar-refractivity contribution in [1.82, 2.24) is 20.2 Å². The Morgan fingerprint density at radius 2 is 1.65 bits per heavy atom. The minimum absolute atomic E-state index is 0.00520. The second-order valence-corrected chi connectivity index (χ2v) is 15.4. The number of nitrogens with one attached hydrogen (secondary N) is 1. The predicted octanol–water partition coefficient (Wildman–Crippen LogP) is 6.10. The highest BCUT2D eigenvalue weighted by Gasteiger charge is 2.49. The number of aliphatic hydroxyl groups is 2. The number of halogens is 4. The highest BCUT2D eigenvalue weighted by Crippen LogP contribution is 2.50. The molecule has 9 rings (SSSR count). The van der Waals surface area contributed by atoms with Crippen molar-refractivity contribution in [2.75, 3.05) is 31.1 Å². The molecule has 1 aromatic heterocycles. The maximum absolute atomic E-state index is 16.9. The smallest absolute Gasteiger partial charge is 0.319 e. The Bertz CT molecular complexity index is 1830. The monoisotopic (exact) mass is 679 g/mol. The third-order valence-electron chi connectivity index (χ3n) is 12.1. The lowest BCUT2D eigenvalue weighted by Gasteiger charge is -2.49. The van der Waals surface area contributed by atoms with Crippen LogP contribution in [0.2, 0.25) is 0 Å². The van der Waals surface area contributed by atoms with E-state index in [0.717, 1.165) is 64.0 Å². The molecule has 3 N–H and O–H groups in total. The van der Waals surface area contributed by atoms with E-state index < -0.39 is 34.8 Å². The molecule has 5 fully saturated rings. The lowest BCUT2D eigenvalue weighted by molar-refractivity contribution is -0.0400. The lowest BCUT2D eigenvalue weighted by atomic mass is 9.80. The number of hydrogen-bond acceptors (Lipinski definition) is 8. The maximum Gasteiger partial charge on any atom is 0.319 e. The molecule has 0 radical (unpaired) electrons. The largest absolute Gasteiger partial charge is 0.512 e. The van der Waals surface area contributed by atoms with Crippen LogP contribution in [0.4, 0.5) is 23.4 Å². The van der Waals surface area contributed by atoms with Gasteiger partial charge in [-0.05, 0) is 75.1 Å². The Hall–Kier alpha value is -3.48. The number of piperidine rings is 2. The molecule has 1 saturated carbocycles. The zero-order chi connectivity index (χ0) is 33.6.